The first-order valence-corrected chi connectivity index (χ1v) is 9.67. The van der Waals surface area contributed by atoms with Crippen LogP contribution in [0.1, 0.15) is 110 Å². The van der Waals surface area contributed by atoms with Crippen molar-refractivity contribution in [2.45, 2.75) is 110 Å². The summed E-state index contributed by atoms with van der Waals surface area (Å²) < 4.78 is 0. The maximum atomic E-state index is 8.66. The molecule has 126 valence electrons. The van der Waals surface area contributed by atoms with Crippen molar-refractivity contribution in [3.63, 3.8) is 0 Å². The Balaban J connectivity index is 2.98. The van der Waals surface area contributed by atoms with Crippen molar-refractivity contribution in [3.8, 4) is 0 Å². The second-order valence-electron chi connectivity index (χ2n) is 6.37. The molecule has 1 heteroatoms. The fourth-order valence-corrected chi connectivity index (χ4v) is 2.72. The van der Waals surface area contributed by atoms with E-state index >= 15 is 0 Å². The number of rotatable bonds is 17. The zero-order valence-corrected chi connectivity index (χ0v) is 14.6. The summed E-state index contributed by atoms with van der Waals surface area (Å²) in [5.74, 6) is 0. The highest BCUT2D eigenvalue weighted by Gasteiger charge is 1.93. The maximum Gasteiger partial charge on any atom is 0.0433 e. The molecule has 0 radical (unpaired) electrons. The third kappa shape index (κ3) is 19.7. The third-order valence-electron chi connectivity index (χ3n) is 4.17. The van der Waals surface area contributed by atoms with Crippen LogP contribution >= 0.6 is 0 Å². The summed E-state index contributed by atoms with van der Waals surface area (Å²) in [6, 6.07) is 0. The highest BCUT2D eigenvalue weighted by atomic mass is 16.2. The first-order chi connectivity index (χ1) is 10.4. The Hall–Kier alpha value is -0.300. The Bertz CT molecular complexity index is 198. The lowest BCUT2D eigenvalue weighted by Gasteiger charge is -2.02. The number of aliphatic hydroxyl groups excluding tert-OH is 1. The highest BCUT2D eigenvalue weighted by Crippen LogP contribution is 2.13. The van der Waals surface area contributed by atoms with Gasteiger partial charge in [-0.1, -0.05) is 96.1 Å². The van der Waals surface area contributed by atoms with Gasteiger partial charge in [0.2, 0.25) is 0 Å². The Morgan fingerprint density at radius 2 is 0.905 bits per heavy atom. The summed E-state index contributed by atoms with van der Waals surface area (Å²) in [5, 5.41) is 8.66. The van der Waals surface area contributed by atoms with Crippen LogP contribution in [0.4, 0.5) is 0 Å². The fraction of sp³-hybridized carbons (Fsp3) is 0.900. The predicted molar refractivity (Wildman–Crippen MR) is 95.8 cm³/mol. The van der Waals surface area contributed by atoms with Gasteiger partial charge in [-0.2, -0.15) is 0 Å². The average molecular weight is 297 g/mol. The smallest absolute Gasteiger partial charge is 0.0433 e. The Morgan fingerprint density at radius 3 is 1.33 bits per heavy atom. The molecule has 0 amide bonds. The van der Waals surface area contributed by atoms with Crippen LogP contribution in [0.25, 0.3) is 0 Å². The van der Waals surface area contributed by atoms with E-state index in [1.54, 1.807) is 0 Å². The summed E-state index contributed by atoms with van der Waals surface area (Å²) >= 11 is 0. The Kier molecular flexibility index (Phi) is 19.4. The minimum atomic E-state index is 0.322. The third-order valence-corrected chi connectivity index (χ3v) is 4.17. The molecule has 1 nitrogen and oxygen atoms in total. The van der Waals surface area contributed by atoms with Crippen LogP contribution in [0.2, 0.25) is 0 Å². The maximum absolute atomic E-state index is 8.66. The van der Waals surface area contributed by atoms with Gasteiger partial charge in [-0.25, -0.2) is 0 Å². The standard InChI is InChI=1S/C20H40O/c1-2-3-4-5-6-7-8-9-10-11-12-13-14-15-16-17-18-19-20-21/h16-17,21H,2-15,18-20H2,1H3/b17-16+. The SMILES string of the molecule is CCCCCCCCCCCCCCC/C=C/CCCO. The normalized spacial score (nSPS) is 11.5. The molecule has 1 N–H and O–H groups in total. The predicted octanol–water partition coefficient (Wildman–Crippen LogP) is 6.80. The molecule has 0 saturated carbocycles. The molecule has 0 fully saturated rings. The quantitative estimate of drug-likeness (QED) is 0.231. The molecule has 0 unspecified atom stereocenters. The van der Waals surface area contributed by atoms with Crippen molar-refractivity contribution >= 4 is 0 Å². The number of allylic oxidation sites excluding steroid dienone is 2. The first kappa shape index (κ1) is 20.7. The molecule has 21 heavy (non-hydrogen) atoms. The van der Waals surface area contributed by atoms with Crippen LogP contribution in [-0.4, -0.2) is 11.7 Å². The fourth-order valence-electron chi connectivity index (χ4n) is 2.72. The van der Waals surface area contributed by atoms with Gasteiger partial charge < -0.3 is 5.11 Å². The molecule has 0 rings (SSSR count). The lowest BCUT2D eigenvalue weighted by molar-refractivity contribution is 0.289. The van der Waals surface area contributed by atoms with Crippen molar-refractivity contribution in [1.82, 2.24) is 0 Å². The van der Waals surface area contributed by atoms with Crippen molar-refractivity contribution in [2.75, 3.05) is 6.61 Å². The lowest BCUT2D eigenvalue weighted by Crippen LogP contribution is -1.83. The molecule has 0 aromatic heterocycles. The van der Waals surface area contributed by atoms with Crippen LogP contribution in [-0.2, 0) is 0 Å². The van der Waals surface area contributed by atoms with Crippen molar-refractivity contribution in [1.29, 1.82) is 0 Å². The summed E-state index contributed by atoms with van der Waals surface area (Å²) in [6.45, 7) is 2.61. The molecule has 0 spiro atoms. The summed E-state index contributed by atoms with van der Waals surface area (Å²) in [6.07, 6.45) is 26.2. The molecule has 0 aromatic rings. The molecular weight excluding hydrogens is 256 g/mol. The zero-order chi connectivity index (χ0) is 15.4. The second kappa shape index (κ2) is 19.7. The summed E-state index contributed by atoms with van der Waals surface area (Å²) in [4.78, 5) is 0. The molecule has 0 aliphatic heterocycles. The molecular formula is C20H40O. The van der Waals surface area contributed by atoms with Gasteiger partial charge >= 0.3 is 0 Å². The van der Waals surface area contributed by atoms with Crippen LogP contribution in [0.3, 0.4) is 0 Å². The second-order valence-corrected chi connectivity index (χ2v) is 6.37. The molecule has 0 atom stereocenters. The molecule has 0 aliphatic carbocycles. The van der Waals surface area contributed by atoms with E-state index in [1.807, 2.05) is 0 Å². The highest BCUT2D eigenvalue weighted by molar-refractivity contribution is 4.81. The van der Waals surface area contributed by atoms with Gasteiger partial charge in [-0.15, -0.1) is 0 Å². The number of hydrogen-bond donors (Lipinski definition) is 1. The largest absolute Gasteiger partial charge is 0.396 e. The van der Waals surface area contributed by atoms with Crippen molar-refractivity contribution < 1.29 is 5.11 Å². The van der Waals surface area contributed by atoms with Crippen LogP contribution in [0, 0.1) is 0 Å². The van der Waals surface area contributed by atoms with Gasteiger partial charge in [-0.05, 0) is 25.7 Å². The van der Waals surface area contributed by atoms with Gasteiger partial charge in [0.05, 0.1) is 0 Å². The monoisotopic (exact) mass is 296 g/mol. The van der Waals surface area contributed by atoms with E-state index in [0.29, 0.717) is 6.61 Å². The number of hydrogen-bond acceptors (Lipinski definition) is 1. The van der Waals surface area contributed by atoms with E-state index in [-0.39, 0.29) is 0 Å². The van der Waals surface area contributed by atoms with Crippen LogP contribution < -0.4 is 0 Å². The minimum absolute atomic E-state index is 0.322. The number of aliphatic hydroxyl groups is 1. The molecule has 0 aliphatic rings. The molecule has 0 saturated heterocycles. The minimum Gasteiger partial charge on any atom is -0.396 e. The van der Waals surface area contributed by atoms with Crippen LogP contribution in [0.15, 0.2) is 12.2 Å². The topological polar surface area (TPSA) is 20.2 Å². The van der Waals surface area contributed by atoms with Gasteiger partial charge in [0.1, 0.15) is 0 Å². The van der Waals surface area contributed by atoms with Crippen LogP contribution in [0.5, 0.6) is 0 Å². The molecule has 0 aromatic carbocycles. The summed E-state index contributed by atoms with van der Waals surface area (Å²) in [7, 11) is 0. The molecule has 0 heterocycles. The van der Waals surface area contributed by atoms with Crippen molar-refractivity contribution in [2.24, 2.45) is 0 Å². The van der Waals surface area contributed by atoms with E-state index in [1.165, 1.54) is 89.9 Å². The van der Waals surface area contributed by atoms with E-state index < -0.39 is 0 Å². The lowest BCUT2D eigenvalue weighted by atomic mass is 10.0. The van der Waals surface area contributed by atoms with E-state index in [4.69, 9.17) is 5.11 Å². The average Bonchev–Trinajstić information content (AvgIpc) is 2.50. The zero-order valence-electron chi connectivity index (χ0n) is 14.6. The molecule has 0 bridgehead atoms. The first-order valence-electron chi connectivity index (χ1n) is 9.67. The van der Waals surface area contributed by atoms with Gasteiger partial charge in [-0.3, -0.25) is 0 Å². The van der Waals surface area contributed by atoms with Gasteiger partial charge in [0, 0.05) is 6.61 Å². The summed E-state index contributed by atoms with van der Waals surface area (Å²) in [5.41, 5.74) is 0. The van der Waals surface area contributed by atoms with Gasteiger partial charge in [0.25, 0.3) is 0 Å². The van der Waals surface area contributed by atoms with E-state index in [0.717, 1.165) is 12.8 Å². The van der Waals surface area contributed by atoms with E-state index in [2.05, 4.69) is 19.1 Å². The van der Waals surface area contributed by atoms with Gasteiger partial charge in [0.15, 0.2) is 0 Å². The Morgan fingerprint density at radius 1 is 0.524 bits per heavy atom. The van der Waals surface area contributed by atoms with E-state index in [9.17, 15) is 0 Å². The van der Waals surface area contributed by atoms with Crippen molar-refractivity contribution in [3.05, 3.63) is 12.2 Å². The Labute approximate surface area is 134 Å². The number of unbranched alkanes of at least 4 members (excludes halogenated alkanes) is 14.